The number of rotatable bonds is 11. The number of carbonyl (C=O) groups is 2. The molecule has 0 bridgehead atoms. The van der Waals surface area contributed by atoms with E-state index < -0.39 is 6.04 Å². The molecule has 1 N–H and O–H groups in total. The number of ether oxygens (including phenoxy) is 1. The van der Waals surface area contributed by atoms with Crippen LogP contribution < -0.4 is 10.1 Å². The molecule has 1 heterocycles. The first-order valence-corrected chi connectivity index (χ1v) is 10.5. The number of para-hydroxylation sites is 1. The summed E-state index contributed by atoms with van der Waals surface area (Å²) >= 11 is 1.47. The Morgan fingerprint density at radius 1 is 0.966 bits per heavy atom. The van der Waals surface area contributed by atoms with Crippen LogP contribution in [-0.2, 0) is 21.8 Å². The first-order valence-electron chi connectivity index (χ1n) is 9.34. The van der Waals surface area contributed by atoms with Crippen molar-refractivity contribution < 1.29 is 18.7 Å². The van der Waals surface area contributed by atoms with Crippen LogP contribution in [0.15, 0.2) is 83.5 Å². The molecular weight excluding hydrogens is 386 g/mol. The third-order valence-electron chi connectivity index (χ3n) is 4.19. The predicted octanol–water partition coefficient (Wildman–Crippen LogP) is 3.89. The van der Waals surface area contributed by atoms with E-state index in [1.165, 1.54) is 11.8 Å². The summed E-state index contributed by atoms with van der Waals surface area (Å²) in [6.07, 6.45) is 2.06. The lowest BCUT2D eigenvalue weighted by atomic mass is 10.0. The van der Waals surface area contributed by atoms with Crippen LogP contribution in [0.4, 0.5) is 0 Å². The molecule has 150 valence electrons. The second-order valence-electron chi connectivity index (χ2n) is 6.45. The van der Waals surface area contributed by atoms with Crippen LogP contribution >= 0.6 is 11.8 Å². The molecule has 0 saturated carbocycles. The van der Waals surface area contributed by atoms with Gasteiger partial charge in [0.1, 0.15) is 11.5 Å². The number of carbonyl (C=O) groups excluding carboxylic acids is 2. The normalized spacial score (nSPS) is 11.6. The number of ketones is 1. The van der Waals surface area contributed by atoms with Crippen molar-refractivity contribution in [2.45, 2.75) is 18.2 Å². The Morgan fingerprint density at radius 3 is 2.38 bits per heavy atom. The fourth-order valence-corrected chi connectivity index (χ4v) is 3.61. The van der Waals surface area contributed by atoms with Gasteiger partial charge in [0.15, 0.2) is 12.4 Å². The Bertz CT molecular complexity index is 882. The second-order valence-corrected chi connectivity index (χ2v) is 7.44. The van der Waals surface area contributed by atoms with Gasteiger partial charge in [0.05, 0.1) is 23.8 Å². The zero-order valence-electron chi connectivity index (χ0n) is 16.0. The Kier molecular flexibility index (Phi) is 7.95. The highest BCUT2D eigenvalue weighted by atomic mass is 32.2. The largest absolute Gasteiger partial charge is 0.484 e. The summed E-state index contributed by atoms with van der Waals surface area (Å²) in [5, 5.41) is 2.83. The van der Waals surface area contributed by atoms with Gasteiger partial charge in [-0.2, -0.15) is 0 Å². The van der Waals surface area contributed by atoms with Gasteiger partial charge >= 0.3 is 0 Å². The molecule has 3 aromatic rings. The number of hydrogen-bond donors (Lipinski definition) is 1. The molecule has 1 unspecified atom stereocenters. The number of nitrogens with one attached hydrogen (secondary N) is 1. The lowest BCUT2D eigenvalue weighted by molar-refractivity contribution is -0.128. The summed E-state index contributed by atoms with van der Waals surface area (Å²) in [5.41, 5.74) is 0.992. The minimum absolute atomic E-state index is 0.0292. The monoisotopic (exact) mass is 409 g/mol. The molecule has 1 atom stereocenters. The first-order chi connectivity index (χ1) is 14.2. The molecule has 1 amide bonds. The van der Waals surface area contributed by atoms with Crippen molar-refractivity contribution in [3.05, 3.63) is 90.4 Å². The lowest BCUT2D eigenvalue weighted by Gasteiger charge is -2.18. The molecule has 6 heteroatoms. The van der Waals surface area contributed by atoms with Crippen LogP contribution in [0.3, 0.4) is 0 Å². The van der Waals surface area contributed by atoms with Crippen LogP contribution in [0.5, 0.6) is 5.75 Å². The Balaban J connectivity index is 1.55. The molecule has 3 rings (SSSR count). The Labute approximate surface area is 174 Å². The van der Waals surface area contributed by atoms with Gasteiger partial charge < -0.3 is 14.5 Å². The zero-order chi connectivity index (χ0) is 20.3. The number of hydrogen-bond acceptors (Lipinski definition) is 5. The summed E-state index contributed by atoms with van der Waals surface area (Å²) in [6, 6.07) is 21.9. The van der Waals surface area contributed by atoms with E-state index in [4.69, 9.17) is 9.15 Å². The Hall–Kier alpha value is -2.99. The zero-order valence-corrected chi connectivity index (χ0v) is 16.8. The van der Waals surface area contributed by atoms with Crippen molar-refractivity contribution in [2.24, 2.45) is 0 Å². The van der Waals surface area contributed by atoms with E-state index in [0.29, 0.717) is 17.9 Å². The lowest BCUT2D eigenvalue weighted by Crippen LogP contribution is -2.45. The van der Waals surface area contributed by atoms with Gasteiger partial charge in [0, 0.05) is 0 Å². The van der Waals surface area contributed by atoms with Gasteiger partial charge in [-0.05, 0) is 36.2 Å². The van der Waals surface area contributed by atoms with Crippen LogP contribution in [-0.4, -0.2) is 30.1 Å². The van der Waals surface area contributed by atoms with Gasteiger partial charge in [-0.15, -0.1) is 11.8 Å². The second kappa shape index (κ2) is 11.1. The first kappa shape index (κ1) is 20.7. The minimum atomic E-state index is -0.603. The third kappa shape index (κ3) is 7.16. The summed E-state index contributed by atoms with van der Waals surface area (Å²) in [4.78, 5) is 25.2. The van der Waals surface area contributed by atoms with Crippen LogP contribution in [0, 0.1) is 0 Å². The maximum Gasteiger partial charge on any atom is 0.258 e. The summed E-state index contributed by atoms with van der Waals surface area (Å²) in [5.74, 6) is 1.99. The SMILES string of the molecule is O=C(COc1ccccc1)NC(Cc1ccccc1)C(=O)CSCc1ccco1. The molecule has 5 nitrogen and oxygen atoms in total. The maximum absolute atomic E-state index is 12.8. The van der Waals surface area contributed by atoms with E-state index in [1.54, 1.807) is 18.4 Å². The summed E-state index contributed by atoms with van der Waals surface area (Å²) in [6.45, 7) is -0.137. The minimum Gasteiger partial charge on any atom is -0.484 e. The fraction of sp³-hybridized carbons (Fsp3) is 0.217. The highest BCUT2D eigenvalue weighted by molar-refractivity contribution is 7.99. The number of thioether (sulfide) groups is 1. The Morgan fingerprint density at radius 2 is 1.69 bits per heavy atom. The standard InChI is InChI=1S/C23H23NO4S/c25-22(17-29-16-20-12-7-13-27-20)21(14-18-8-3-1-4-9-18)24-23(26)15-28-19-10-5-2-6-11-19/h1-13,21H,14-17H2,(H,24,26). The van der Waals surface area contributed by atoms with E-state index in [0.717, 1.165) is 11.3 Å². The van der Waals surface area contributed by atoms with Crippen LogP contribution in [0.2, 0.25) is 0 Å². The quantitative estimate of drug-likeness (QED) is 0.520. The highest BCUT2D eigenvalue weighted by Gasteiger charge is 2.21. The van der Waals surface area contributed by atoms with E-state index in [9.17, 15) is 9.59 Å². The van der Waals surface area contributed by atoms with Crippen LogP contribution in [0.25, 0.3) is 0 Å². The molecule has 0 fully saturated rings. The van der Waals surface area contributed by atoms with Crippen molar-refractivity contribution in [2.75, 3.05) is 12.4 Å². The van der Waals surface area contributed by atoms with Crippen molar-refractivity contribution in [1.82, 2.24) is 5.32 Å². The van der Waals surface area contributed by atoms with Crippen molar-refractivity contribution in [1.29, 1.82) is 0 Å². The molecule has 0 radical (unpaired) electrons. The van der Waals surface area contributed by atoms with Crippen molar-refractivity contribution >= 4 is 23.5 Å². The summed E-state index contributed by atoms with van der Waals surface area (Å²) < 4.78 is 10.8. The maximum atomic E-state index is 12.8. The van der Waals surface area contributed by atoms with Crippen molar-refractivity contribution in [3.8, 4) is 5.75 Å². The number of amides is 1. The van der Waals surface area contributed by atoms with Gasteiger partial charge in [-0.25, -0.2) is 0 Å². The topological polar surface area (TPSA) is 68.5 Å². The van der Waals surface area contributed by atoms with Crippen molar-refractivity contribution in [3.63, 3.8) is 0 Å². The molecule has 0 aliphatic rings. The molecule has 2 aromatic carbocycles. The molecule has 1 aromatic heterocycles. The smallest absolute Gasteiger partial charge is 0.258 e. The number of benzene rings is 2. The molecule has 0 aliphatic heterocycles. The van der Waals surface area contributed by atoms with E-state index >= 15 is 0 Å². The summed E-state index contributed by atoms with van der Waals surface area (Å²) in [7, 11) is 0. The van der Waals surface area contributed by atoms with Gasteiger partial charge in [0.2, 0.25) is 0 Å². The van der Waals surface area contributed by atoms with Gasteiger partial charge in [0.25, 0.3) is 5.91 Å². The average Bonchev–Trinajstić information content (AvgIpc) is 3.27. The molecular formula is C23H23NO4S. The third-order valence-corrected chi connectivity index (χ3v) is 5.17. The molecule has 0 aliphatic carbocycles. The molecule has 0 saturated heterocycles. The van der Waals surface area contributed by atoms with E-state index in [2.05, 4.69) is 5.32 Å². The number of Topliss-reactive ketones (excluding diaryl/α,β-unsaturated/α-hetero) is 1. The average molecular weight is 410 g/mol. The van der Waals surface area contributed by atoms with Gasteiger partial charge in [-0.3, -0.25) is 9.59 Å². The van der Waals surface area contributed by atoms with E-state index in [1.807, 2.05) is 60.7 Å². The highest BCUT2D eigenvalue weighted by Crippen LogP contribution is 2.14. The van der Waals surface area contributed by atoms with Gasteiger partial charge in [-0.1, -0.05) is 48.5 Å². The molecule has 0 spiro atoms. The fourth-order valence-electron chi connectivity index (χ4n) is 2.74. The van der Waals surface area contributed by atoms with E-state index in [-0.39, 0.29) is 24.1 Å². The van der Waals surface area contributed by atoms with Crippen LogP contribution in [0.1, 0.15) is 11.3 Å². The number of furan rings is 1. The predicted molar refractivity (Wildman–Crippen MR) is 114 cm³/mol. The molecule has 29 heavy (non-hydrogen) atoms.